The van der Waals surface area contributed by atoms with E-state index in [1.54, 1.807) is 18.5 Å². The summed E-state index contributed by atoms with van der Waals surface area (Å²) in [5.41, 5.74) is 4.39. The number of aromatic nitrogens is 2. The molecule has 2 N–H and O–H groups in total. The van der Waals surface area contributed by atoms with E-state index < -0.39 is 0 Å². The van der Waals surface area contributed by atoms with Crippen molar-refractivity contribution in [2.75, 3.05) is 13.2 Å². The summed E-state index contributed by atoms with van der Waals surface area (Å²) in [7, 11) is 0. The SMILES string of the molecule is CCC(NC(=O)c1c(OCCNC(=O)Cc2cccnc2)c(-c2ccccc2)nc2ccccc12)c1ccccc1. The van der Waals surface area contributed by atoms with Crippen LogP contribution in [0, 0.1) is 0 Å². The molecule has 0 bridgehead atoms. The lowest BCUT2D eigenvalue weighted by Crippen LogP contribution is -2.31. The quantitative estimate of drug-likeness (QED) is 0.202. The highest BCUT2D eigenvalue weighted by molar-refractivity contribution is 6.10. The second-order valence-corrected chi connectivity index (χ2v) is 9.63. The van der Waals surface area contributed by atoms with Crippen LogP contribution < -0.4 is 15.4 Å². The van der Waals surface area contributed by atoms with E-state index >= 15 is 0 Å². The molecule has 0 saturated heterocycles. The number of fused-ring (bicyclic) bond motifs is 1. The van der Waals surface area contributed by atoms with Gasteiger partial charge in [-0.25, -0.2) is 4.98 Å². The molecule has 5 rings (SSSR count). The zero-order valence-electron chi connectivity index (χ0n) is 22.9. The number of carbonyl (C=O) groups excluding carboxylic acids is 2. The maximum atomic E-state index is 14.1. The van der Waals surface area contributed by atoms with Crippen molar-refractivity contribution < 1.29 is 14.3 Å². The molecule has 0 aliphatic heterocycles. The average molecular weight is 545 g/mol. The van der Waals surface area contributed by atoms with Gasteiger partial charge in [0.2, 0.25) is 5.91 Å². The number of para-hydroxylation sites is 1. The number of carbonyl (C=O) groups is 2. The monoisotopic (exact) mass is 544 g/mol. The number of benzene rings is 3. The topological polar surface area (TPSA) is 93.2 Å². The molecule has 1 unspecified atom stereocenters. The molecule has 2 heterocycles. The molecule has 1 atom stereocenters. The Labute approximate surface area is 239 Å². The highest BCUT2D eigenvalue weighted by Crippen LogP contribution is 2.37. The zero-order valence-corrected chi connectivity index (χ0v) is 22.9. The lowest BCUT2D eigenvalue weighted by Gasteiger charge is -2.21. The molecule has 0 radical (unpaired) electrons. The standard InChI is InChI=1S/C34H32N4O3/c1-2-28(25-13-5-3-6-14-25)38-34(40)31-27-17-9-10-18-29(27)37-32(26-15-7-4-8-16-26)33(31)41-21-20-36-30(39)22-24-12-11-19-35-23-24/h3-19,23,28H,2,20-22H2,1H3,(H,36,39)(H,38,40). The van der Waals surface area contributed by atoms with Crippen molar-refractivity contribution in [1.82, 2.24) is 20.6 Å². The molecule has 3 aromatic carbocycles. The molecule has 0 aliphatic rings. The minimum Gasteiger partial charge on any atom is -0.489 e. The van der Waals surface area contributed by atoms with Gasteiger partial charge in [0.25, 0.3) is 5.91 Å². The molecular weight excluding hydrogens is 512 g/mol. The molecule has 7 heteroatoms. The van der Waals surface area contributed by atoms with Crippen molar-refractivity contribution in [3.63, 3.8) is 0 Å². The maximum Gasteiger partial charge on any atom is 0.256 e. The van der Waals surface area contributed by atoms with Crippen molar-refractivity contribution in [2.45, 2.75) is 25.8 Å². The number of hydrogen-bond donors (Lipinski definition) is 2. The van der Waals surface area contributed by atoms with Crippen LogP contribution in [0.25, 0.3) is 22.2 Å². The summed E-state index contributed by atoms with van der Waals surface area (Å²) in [5, 5.41) is 6.82. The second kappa shape index (κ2) is 13.3. The van der Waals surface area contributed by atoms with Crippen LogP contribution in [0.1, 0.15) is 40.9 Å². The summed E-state index contributed by atoms with van der Waals surface area (Å²) in [6.45, 7) is 2.47. The first-order chi connectivity index (χ1) is 20.1. The van der Waals surface area contributed by atoms with Crippen molar-refractivity contribution in [3.8, 4) is 17.0 Å². The fourth-order valence-corrected chi connectivity index (χ4v) is 4.78. The Hall–Kier alpha value is -5.04. The van der Waals surface area contributed by atoms with Gasteiger partial charge in [-0.05, 0) is 29.7 Å². The first-order valence-corrected chi connectivity index (χ1v) is 13.8. The number of pyridine rings is 2. The molecule has 206 valence electrons. The second-order valence-electron chi connectivity index (χ2n) is 9.63. The van der Waals surface area contributed by atoms with Crippen LogP contribution in [0.4, 0.5) is 0 Å². The molecular formula is C34H32N4O3. The van der Waals surface area contributed by atoms with Gasteiger partial charge in [0.15, 0.2) is 5.75 Å². The molecule has 41 heavy (non-hydrogen) atoms. The van der Waals surface area contributed by atoms with Crippen LogP contribution in [0.15, 0.2) is 109 Å². The number of rotatable bonds is 11. The number of nitrogens with one attached hydrogen (secondary N) is 2. The smallest absolute Gasteiger partial charge is 0.256 e. The van der Waals surface area contributed by atoms with E-state index in [0.29, 0.717) is 27.9 Å². The third kappa shape index (κ3) is 6.76. The van der Waals surface area contributed by atoms with Crippen molar-refractivity contribution >= 4 is 22.7 Å². The van der Waals surface area contributed by atoms with Gasteiger partial charge >= 0.3 is 0 Å². The van der Waals surface area contributed by atoms with E-state index in [-0.39, 0.29) is 37.4 Å². The Bertz CT molecular complexity index is 1610. The molecule has 2 aromatic heterocycles. The van der Waals surface area contributed by atoms with Crippen LogP contribution in [0.2, 0.25) is 0 Å². The van der Waals surface area contributed by atoms with Gasteiger partial charge in [-0.3, -0.25) is 14.6 Å². The van der Waals surface area contributed by atoms with Gasteiger partial charge in [-0.15, -0.1) is 0 Å². The highest BCUT2D eigenvalue weighted by atomic mass is 16.5. The van der Waals surface area contributed by atoms with Gasteiger partial charge in [0, 0.05) is 23.3 Å². The number of amides is 2. The van der Waals surface area contributed by atoms with Gasteiger partial charge in [-0.1, -0.05) is 91.9 Å². The Kier molecular flexibility index (Phi) is 8.96. The normalized spacial score (nSPS) is 11.5. The molecule has 0 fully saturated rings. The van der Waals surface area contributed by atoms with Crippen molar-refractivity contribution in [3.05, 3.63) is 126 Å². The van der Waals surface area contributed by atoms with E-state index in [2.05, 4.69) is 15.6 Å². The van der Waals surface area contributed by atoms with Crippen molar-refractivity contribution in [1.29, 1.82) is 0 Å². The Morgan fingerprint density at radius 2 is 1.61 bits per heavy atom. The summed E-state index contributed by atoms with van der Waals surface area (Å²) < 4.78 is 6.32. The third-order valence-corrected chi connectivity index (χ3v) is 6.80. The van der Waals surface area contributed by atoms with Gasteiger partial charge < -0.3 is 15.4 Å². The lowest BCUT2D eigenvalue weighted by atomic mass is 10.00. The van der Waals surface area contributed by atoms with Crippen LogP contribution >= 0.6 is 0 Å². The van der Waals surface area contributed by atoms with Crippen LogP contribution in [0.3, 0.4) is 0 Å². The molecule has 0 aliphatic carbocycles. The molecule has 0 saturated carbocycles. The van der Waals surface area contributed by atoms with Crippen LogP contribution in [-0.2, 0) is 11.2 Å². The fraction of sp³-hybridized carbons (Fsp3) is 0.176. The Morgan fingerprint density at radius 1 is 0.878 bits per heavy atom. The summed E-state index contributed by atoms with van der Waals surface area (Å²) in [5.74, 6) is 0.0112. The maximum absolute atomic E-state index is 14.1. The predicted octanol–water partition coefficient (Wildman–Crippen LogP) is 5.92. The van der Waals surface area contributed by atoms with Gasteiger partial charge in [-0.2, -0.15) is 0 Å². The molecule has 2 amide bonds. The Morgan fingerprint density at radius 3 is 2.34 bits per heavy atom. The highest BCUT2D eigenvalue weighted by Gasteiger charge is 2.25. The lowest BCUT2D eigenvalue weighted by molar-refractivity contribution is -0.120. The minimum absolute atomic E-state index is 0.131. The van der Waals surface area contributed by atoms with Crippen LogP contribution in [0.5, 0.6) is 5.75 Å². The molecule has 7 nitrogen and oxygen atoms in total. The third-order valence-electron chi connectivity index (χ3n) is 6.80. The van der Waals surface area contributed by atoms with Gasteiger partial charge in [0.1, 0.15) is 12.3 Å². The molecule has 5 aromatic rings. The van der Waals surface area contributed by atoms with E-state index in [4.69, 9.17) is 9.72 Å². The largest absolute Gasteiger partial charge is 0.489 e. The number of nitrogens with zero attached hydrogens (tertiary/aromatic N) is 2. The van der Waals surface area contributed by atoms with Crippen LogP contribution in [-0.4, -0.2) is 34.9 Å². The molecule has 0 spiro atoms. The summed E-state index contributed by atoms with van der Waals surface area (Å²) in [6.07, 6.45) is 4.30. The van der Waals surface area contributed by atoms with E-state index in [1.807, 2.05) is 97.9 Å². The fourth-order valence-electron chi connectivity index (χ4n) is 4.78. The minimum atomic E-state index is -0.243. The first kappa shape index (κ1) is 27.5. The number of ether oxygens (including phenoxy) is 1. The van der Waals surface area contributed by atoms with E-state index in [0.717, 1.165) is 23.1 Å². The average Bonchev–Trinajstić information content (AvgIpc) is 3.02. The van der Waals surface area contributed by atoms with E-state index in [9.17, 15) is 9.59 Å². The first-order valence-electron chi connectivity index (χ1n) is 13.8. The van der Waals surface area contributed by atoms with E-state index in [1.165, 1.54) is 0 Å². The Balaban J connectivity index is 1.46. The van der Waals surface area contributed by atoms with Gasteiger partial charge in [0.05, 0.1) is 30.1 Å². The summed E-state index contributed by atoms with van der Waals surface area (Å²) in [6, 6.07) is 30.7. The van der Waals surface area contributed by atoms with Crippen molar-refractivity contribution in [2.24, 2.45) is 0 Å². The zero-order chi connectivity index (χ0) is 28.4. The number of hydrogen-bond acceptors (Lipinski definition) is 5. The summed E-state index contributed by atoms with van der Waals surface area (Å²) >= 11 is 0. The summed E-state index contributed by atoms with van der Waals surface area (Å²) in [4.78, 5) is 35.5. The predicted molar refractivity (Wildman–Crippen MR) is 161 cm³/mol.